The first-order valence-corrected chi connectivity index (χ1v) is 3.68. The van der Waals surface area contributed by atoms with E-state index in [4.69, 9.17) is 5.11 Å². The molecule has 0 radical (unpaired) electrons. The van der Waals surface area contributed by atoms with Crippen LogP contribution in [0.15, 0.2) is 18.3 Å². The highest BCUT2D eigenvalue weighted by atomic mass is 16.3. The average molecular weight is 137 g/mol. The Kier molecular flexibility index (Phi) is 1.27. The van der Waals surface area contributed by atoms with Crippen LogP contribution in [0.2, 0.25) is 0 Å². The van der Waals surface area contributed by atoms with E-state index in [0.717, 1.165) is 5.69 Å². The van der Waals surface area contributed by atoms with Crippen LogP contribution in [-0.2, 0) is 6.61 Å². The minimum Gasteiger partial charge on any atom is -0.390 e. The molecule has 0 saturated heterocycles. The van der Waals surface area contributed by atoms with E-state index < -0.39 is 0 Å². The van der Waals surface area contributed by atoms with Gasteiger partial charge in [-0.25, -0.2) is 0 Å². The fourth-order valence-electron chi connectivity index (χ4n) is 1.27. The van der Waals surface area contributed by atoms with E-state index in [1.54, 1.807) is 0 Å². The molecule has 1 saturated carbocycles. The summed E-state index contributed by atoms with van der Waals surface area (Å²) in [7, 11) is 0. The molecule has 2 nitrogen and oxygen atoms in total. The molecule has 0 amide bonds. The van der Waals surface area contributed by atoms with Crippen LogP contribution >= 0.6 is 0 Å². The van der Waals surface area contributed by atoms with E-state index >= 15 is 0 Å². The number of rotatable bonds is 2. The molecule has 0 bridgehead atoms. The maximum Gasteiger partial charge on any atom is 0.0832 e. The third-order valence-corrected chi connectivity index (χ3v) is 1.97. The third kappa shape index (κ3) is 0.847. The van der Waals surface area contributed by atoms with Crippen molar-refractivity contribution < 1.29 is 5.11 Å². The molecular formula is C8H11NO. The van der Waals surface area contributed by atoms with Crippen molar-refractivity contribution in [2.24, 2.45) is 0 Å². The van der Waals surface area contributed by atoms with Crippen molar-refractivity contribution in [1.29, 1.82) is 0 Å². The molecule has 1 N–H and O–H groups in total. The lowest BCUT2D eigenvalue weighted by Crippen LogP contribution is -1.97. The van der Waals surface area contributed by atoms with Crippen molar-refractivity contribution >= 4 is 0 Å². The Morgan fingerprint density at radius 2 is 2.40 bits per heavy atom. The van der Waals surface area contributed by atoms with Crippen molar-refractivity contribution in [3.05, 3.63) is 24.0 Å². The van der Waals surface area contributed by atoms with Gasteiger partial charge in [-0.1, -0.05) is 0 Å². The summed E-state index contributed by atoms with van der Waals surface area (Å²) < 4.78 is 2.17. The lowest BCUT2D eigenvalue weighted by molar-refractivity contribution is 0.270. The smallest absolute Gasteiger partial charge is 0.0832 e. The van der Waals surface area contributed by atoms with Crippen LogP contribution in [0, 0.1) is 0 Å². The Morgan fingerprint density at radius 3 is 3.00 bits per heavy atom. The van der Waals surface area contributed by atoms with E-state index in [2.05, 4.69) is 4.57 Å². The van der Waals surface area contributed by atoms with Crippen LogP contribution in [0.3, 0.4) is 0 Å². The predicted molar refractivity (Wildman–Crippen MR) is 38.6 cm³/mol. The first-order valence-electron chi connectivity index (χ1n) is 3.68. The van der Waals surface area contributed by atoms with Crippen LogP contribution in [0.5, 0.6) is 0 Å². The number of aromatic nitrogens is 1. The van der Waals surface area contributed by atoms with Crippen molar-refractivity contribution in [2.45, 2.75) is 25.5 Å². The van der Waals surface area contributed by atoms with Gasteiger partial charge in [0.1, 0.15) is 0 Å². The second kappa shape index (κ2) is 2.13. The zero-order chi connectivity index (χ0) is 6.97. The molecule has 0 atom stereocenters. The lowest BCUT2D eigenvalue weighted by Gasteiger charge is -2.02. The Bertz CT molecular complexity index is 225. The molecule has 0 spiro atoms. The maximum atomic E-state index is 8.86. The van der Waals surface area contributed by atoms with Crippen molar-refractivity contribution in [3.63, 3.8) is 0 Å². The van der Waals surface area contributed by atoms with Gasteiger partial charge in [0.25, 0.3) is 0 Å². The van der Waals surface area contributed by atoms with Crippen molar-refractivity contribution in [2.75, 3.05) is 0 Å². The van der Waals surface area contributed by atoms with Crippen LogP contribution in [0.25, 0.3) is 0 Å². The van der Waals surface area contributed by atoms with E-state index in [0.29, 0.717) is 6.04 Å². The highest BCUT2D eigenvalue weighted by Gasteiger charge is 2.23. The van der Waals surface area contributed by atoms with Crippen molar-refractivity contribution in [3.8, 4) is 0 Å². The summed E-state index contributed by atoms with van der Waals surface area (Å²) in [6.45, 7) is 0.170. The first-order chi connectivity index (χ1) is 4.92. The highest BCUT2D eigenvalue weighted by molar-refractivity contribution is 5.09. The Labute approximate surface area is 60.1 Å². The summed E-state index contributed by atoms with van der Waals surface area (Å²) in [5.41, 5.74) is 1.04. The predicted octanol–water partition coefficient (Wildman–Crippen LogP) is 1.32. The number of aliphatic hydroxyl groups excluding tert-OH is 1. The third-order valence-electron chi connectivity index (χ3n) is 1.97. The molecule has 2 rings (SSSR count). The minimum atomic E-state index is 0.170. The molecule has 1 aliphatic carbocycles. The van der Waals surface area contributed by atoms with Gasteiger partial charge in [-0.15, -0.1) is 0 Å². The molecule has 1 aromatic heterocycles. The van der Waals surface area contributed by atoms with E-state index in [1.165, 1.54) is 12.8 Å². The summed E-state index contributed by atoms with van der Waals surface area (Å²) in [6, 6.07) is 4.65. The number of aliphatic hydroxyl groups is 1. The number of hydrogen-bond donors (Lipinski definition) is 1. The van der Waals surface area contributed by atoms with Gasteiger partial charge in [-0.3, -0.25) is 0 Å². The molecule has 0 aliphatic heterocycles. The van der Waals surface area contributed by atoms with Gasteiger partial charge in [0, 0.05) is 17.9 Å². The van der Waals surface area contributed by atoms with Crippen LogP contribution < -0.4 is 0 Å². The molecule has 1 aliphatic rings. The monoisotopic (exact) mass is 137 g/mol. The quantitative estimate of drug-likeness (QED) is 0.653. The van der Waals surface area contributed by atoms with Crippen LogP contribution in [0.4, 0.5) is 0 Å². The second-order valence-electron chi connectivity index (χ2n) is 2.80. The molecular weight excluding hydrogens is 126 g/mol. The van der Waals surface area contributed by atoms with Gasteiger partial charge < -0.3 is 9.67 Å². The molecule has 0 aromatic carbocycles. The summed E-state index contributed by atoms with van der Waals surface area (Å²) in [6.07, 6.45) is 4.60. The zero-order valence-electron chi connectivity index (χ0n) is 5.83. The Balaban J connectivity index is 2.28. The van der Waals surface area contributed by atoms with Gasteiger partial charge >= 0.3 is 0 Å². The highest BCUT2D eigenvalue weighted by Crippen LogP contribution is 2.35. The van der Waals surface area contributed by atoms with E-state index in [-0.39, 0.29) is 6.61 Å². The standard InChI is InChI=1S/C8H11NO/c10-6-8-2-1-5-9(8)7-3-4-7/h1-2,5,7,10H,3-4,6H2. The minimum absolute atomic E-state index is 0.170. The molecule has 1 aromatic rings. The molecule has 0 unspecified atom stereocenters. The fraction of sp³-hybridized carbons (Fsp3) is 0.500. The molecule has 1 heterocycles. The lowest BCUT2D eigenvalue weighted by atomic mass is 10.4. The normalized spacial score (nSPS) is 17.7. The fourth-order valence-corrected chi connectivity index (χ4v) is 1.27. The number of nitrogens with zero attached hydrogens (tertiary/aromatic N) is 1. The van der Waals surface area contributed by atoms with Gasteiger partial charge in [0.2, 0.25) is 0 Å². The molecule has 1 fully saturated rings. The van der Waals surface area contributed by atoms with Gasteiger partial charge in [0.05, 0.1) is 6.61 Å². The number of hydrogen-bond acceptors (Lipinski definition) is 1. The van der Waals surface area contributed by atoms with Crippen molar-refractivity contribution in [1.82, 2.24) is 4.57 Å². The van der Waals surface area contributed by atoms with Gasteiger partial charge in [0.15, 0.2) is 0 Å². The Hall–Kier alpha value is -0.760. The first kappa shape index (κ1) is 5.98. The van der Waals surface area contributed by atoms with Gasteiger partial charge in [-0.05, 0) is 25.0 Å². The van der Waals surface area contributed by atoms with E-state index in [9.17, 15) is 0 Å². The summed E-state index contributed by atoms with van der Waals surface area (Å²) in [5, 5.41) is 8.86. The topological polar surface area (TPSA) is 25.2 Å². The SMILES string of the molecule is OCc1cccn1C1CC1. The van der Waals surface area contributed by atoms with Crippen LogP contribution in [0.1, 0.15) is 24.6 Å². The van der Waals surface area contributed by atoms with Crippen LogP contribution in [-0.4, -0.2) is 9.67 Å². The molecule has 54 valence electrons. The maximum absolute atomic E-state index is 8.86. The Morgan fingerprint density at radius 1 is 1.60 bits per heavy atom. The second-order valence-corrected chi connectivity index (χ2v) is 2.80. The molecule has 10 heavy (non-hydrogen) atoms. The average Bonchev–Trinajstić information content (AvgIpc) is 2.69. The van der Waals surface area contributed by atoms with Gasteiger partial charge in [-0.2, -0.15) is 0 Å². The summed E-state index contributed by atoms with van der Waals surface area (Å²) >= 11 is 0. The summed E-state index contributed by atoms with van der Waals surface area (Å²) in [4.78, 5) is 0. The summed E-state index contributed by atoms with van der Waals surface area (Å²) in [5.74, 6) is 0. The zero-order valence-corrected chi connectivity index (χ0v) is 5.83. The molecule has 2 heteroatoms. The largest absolute Gasteiger partial charge is 0.390 e. The van der Waals surface area contributed by atoms with E-state index in [1.807, 2.05) is 18.3 Å².